The lowest BCUT2D eigenvalue weighted by atomic mass is 10.2. The van der Waals surface area contributed by atoms with Crippen molar-refractivity contribution in [3.63, 3.8) is 0 Å². The van der Waals surface area contributed by atoms with Crippen molar-refractivity contribution >= 4 is 24.0 Å². The fraction of sp³-hybridized carbons (Fsp3) is 0.455. The van der Waals surface area contributed by atoms with Gasteiger partial charge in [0.05, 0.1) is 18.3 Å². The smallest absolute Gasteiger partial charge is 0.226 e. The Bertz CT molecular complexity index is 366. The van der Waals surface area contributed by atoms with Gasteiger partial charge in [0.25, 0.3) is 0 Å². The summed E-state index contributed by atoms with van der Waals surface area (Å²) in [6, 6.07) is 3.92. The average Bonchev–Trinajstić information content (AvgIpc) is 2.86. The Balaban J connectivity index is 0.00000128. The molecule has 3 N–H and O–H groups in total. The summed E-state index contributed by atoms with van der Waals surface area (Å²) < 4.78 is 0. The number of aromatic nitrogens is 1. The van der Waals surface area contributed by atoms with E-state index in [4.69, 9.17) is 5.73 Å². The van der Waals surface area contributed by atoms with Gasteiger partial charge < -0.3 is 11.1 Å². The number of nitrogen functional groups attached to an aromatic ring is 1. The predicted molar refractivity (Wildman–Crippen MR) is 65.3 cm³/mol. The lowest BCUT2D eigenvalue weighted by Crippen LogP contribution is -2.28. The number of halogens is 1. The van der Waals surface area contributed by atoms with Gasteiger partial charge in [-0.3, -0.25) is 9.78 Å². The van der Waals surface area contributed by atoms with Gasteiger partial charge in [-0.25, -0.2) is 0 Å². The van der Waals surface area contributed by atoms with E-state index >= 15 is 0 Å². The Hall–Kier alpha value is -1.29. The molecule has 1 aliphatic rings. The third-order valence-corrected chi connectivity index (χ3v) is 2.65. The number of anilines is 1. The van der Waals surface area contributed by atoms with Crippen LogP contribution in [0.25, 0.3) is 0 Å². The molecule has 1 aliphatic carbocycles. The van der Waals surface area contributed by atoms with Gasteiger partial charge in [-0.1, -0.05) is 6.92 Å². The Morgan fingerprint density at radius 3 is 2.81 bits per heavy atom. The second-order valence-electron chi connectivity index (χ2n) is 4.15. The summed E-state index contributed by atoms with van der Waals surface area (Å²) in [6.45, 7) is 2.13. The number of nitrogens with one attached hydrogen (secondary N) is 1. The zero-order valence-corrected chi connectivity index (χ0v) is 9.96. The molecule has 1 aromatic heterocycles. The SMILES string of the molecule is CC1CC1NC(=O)Cc1ccc(N)cn1.Cl. The summed E-state index contributed by atoms with van der Waals surface area (Å²) in [4.78, 5) is 15.6. The van der Waals surface area contributed by atoms with Crippen molar-refractivity contribution in [3.8, 4) is 0 Å². The number of rotatable bonds is 3. The monoisotopic (exact) mass is 241 g/mol. The van der Waals surface area contributed by atoms with Crippen molar-refractivity contribution < 1.29 is 4.79 Å². The lowest BCUT2D eigenvalue weighted by Gasteiger charge is -2.03. The van der Waals surface area contributed by atoms with Gasteiger partial charge in [-0.2, -0.15) is 0 Å². The molecular formula is C11H16ClN3O. The molecule has 2 atom stereocenters. The topological polar surface area (TPSA) is 68.0 Å². The minimum absolute atomic E-state index is 0. The molecule has 0 radical (unpaired) electrons. The van der Waals surface area contributed by atoms with E-state index < -0.39 is 0 Å². The van der Waals surface area contributed by atoms with E-state index in [1.807, 2.05) is 0 Å². The molecule has 5 heteroatoms. The molecule has 1 fully saturated rings. The van der Waals surface area contributed by atoms with Crippen molar-refractivity contribution in [2.75, 3.05) is 5.73 Å². The molecule has 2 rings (SSSR count). The fourth-order valence-corrected chi connectivity index (χ4v) is 1.49. The second-order valence-corrected chi connectivity index (χ2v) is 4.15. The van der Waals surface area contributed by atoms with Gasteiger partial charge in [0, 0.05) is 11.7 Å². The standard InChI is InChI=1S/C11H15N3O.ClH/c1-7-4-10(7)14-11(15)5-9-3-2-8(12)6-13-9;/h2-3,6-7,10H,4-5,12H2,1H3,(H,14,15);1H. The van der Waals surface area contributed by atoms with Gasteiger partial charge in [0.1, 0.15) is 0 Å². The van der Waals surface area contributed by atoms with E-state index in [1.54, 1.807) is 18.3 Å². The summed E-state index contributed by atoms with van der Waals surface area (Å²) in [5, 5.41) is 2.96. The van der Waals surface area contributed by atoms with Gasteiger partial charge in [0.2, 0.25) is 5.91 Å². The van der Waals surface area contributed by atoms with Crippen molar-refractivity contribution in [2.24, 2.45) is 5.92 Å². The first-order valence-corrected chi connectivity index (χ1v) is 5.15. The molecule has 1 amide bonds. The zero-order chi connectivity index (χ0) is 10.8. The van der Waals surface area contributed by atoms with Crippen molar-refractivity contribution in [2.45, 2.75) is 25.8 Å². The Labute approximate surface area is 101 Å². The third-order valence-electron chi connectivity index (χ3n) is 2.65. The van der Waals surface area contributed by atoms with Crippen LogP contribution >= 0.6 is 12.4 Å². The van der Waals surface area contributed by atoms with E-state index in [0.717, 1.165) is 12.1 Å². The minimum atomic E-state index is 0. The molecule has 0 aromatic carbocycles. The fourth-order valence-electron chi connectivity index (χ4n) is 1.49. The summed E-state index contributed by atoms with van der Waals surface area (Å²) in [7, 11) is 0. The number of hydrogen-bond acceptors (Lipinski definition) is 3. The average molecular weight is 242 g/mol. The van der Waals surface area contributed by atoms with Crippen LogP contribution in [0.15, 0.2) is 18.3 Å². The molecule has 1 aromatic rings. The van der Waals surface area contributed by atoms with E-state index in [1.165, 1.54) is 0 Å². The maximum Gasteiger partial charge on any atom is 0.226 e. The van der Waals surface area contributed by atoms with Crippen LogP contribution in [-0.4, -0.2) is 16.9 Å². The molecule has 4 nitrogen and oxygen atoms in total. The molecule has 0 spiro atoms. The molecule has 1 saturated carbocycles. The van der Waals surface area contributed by atoms with Crippen LogP contribution in [0, 0.1) is 5.92 Å². The Kier molecular flexibility index (Phi) is 4.12. The van der Waals surface area contributed by atoms with E-state index in [9.17, 15) is 4.79 Å². The maximum atomic E-state index is 11.5. The van der Waals surface area contributed by atoms with Crippen LogP contribution in [-0.2, 0) is 11.2 Å². The van der Waals surface area contributed by atoms with Gasteiger partial charge in [0.15, 0.2) is 0 Å². The number of carbonyl (C=O) groups is 1. The number of nitrogens with zero attached hydrogens (tertiary/aromatic N) is 1. The highest BCUT2D eigenvalue weighted by Gasteiger charge is 2.33. The Morgan fingerprint density at radius 1 is 1.62 bits per heavy atom. The highest BCUT2D eigenvalue weighted by Crippen LogP contribution is 2.28. The molecule has 0 aliphatic heterocycles. The summed E-state index contributed by atoms with van der Waals surface area (Å²) in [6.07, 6.45) is 3.01. The first-order valence-electron chi connectivity index (χ1n) is 5.15. The van der Waals surface area contributed by atoms with Gasteiger partial charge in [-0.15, -0.1) is 12.4 Å². The van der Waals surface area contributed by atoms with Crippen LogP contribution in [0.3, 0.4) is 0 Å². The number of amides is 1. The number of carbonyl (C=O) groups excluding carboxylic acids is 1. The Morgan fingerprint density at radius 2 is 2.31 bits per heavy atom. The third kappa shape index (κ3) is 3.38. The van der Waals surface area contributed by atoms with Crippen molar-refractivity contribution in [1.29, 1.82) is 0 Å². The van der Waals surface area contributed by atoms with Crippen molar-refractivity contribution in [1.82, 2.24) is 10.3 Å². The van der Waals surface area contributed by atoms with Crippen LogP contribution < -0.4 is 11.1 Å². The molecule has 0 bridgehead atoms. The number of pyridine rings is 1. The summed E-state index contributed by atoms with van der Waals surface area (Å²) >= 11 is 0. The predicted octanol–water partition coefficient (Wildman–Crippen LogP) is 1.15. The van der Waals surface area contributed by atoms with E-state index in [2.05, 4.69) is 17.2 Å². The number of hydrogen-bond donors (Lipinski definition) is 2. The normalized spacial score (nSPS) is 22.1. The van der Waals surface area contributed by atoms with Gasteiger partial charge >= 0.3 is 0 Å². The lowest BCUT2D eigenvalue weighted by molar-refractivity contribution is -0.120. The number of nitrogens with two attached hydrogens (primary N) is 1. The minimum Gasteiger partial charge on any atom is -0.397 e. The highest BCUT2D eigenvalue weighted by molar-refractivity contribution is 5.85. The first kappa shape index (κ1) is 12.8. The first-order chi connectivity index (χ1) is 7.15. The second kappa shape index (κ2) is 5.16. The molecular weight excluding hydrogens is 226 g/mol. The molecule has 1 heterocycles. The molecule has 2 unspecified atom stereocenters. The molecule has 88 valence electrons. The van der Waals surface area contributed by atoms with Crippen LogP contribution in [0.2, 0.25) is 0 Å². The molecule has 16 heavy (non-hydrogen) atoms. The largest absolute Gasteiger partial charge is 0.397 e. The van der Waals surface area contributed by atoms with E-state index in [-0.39, 0.29) is 18.3 Å². The van der Waals surface area contributed by atoms with Crippen LogP contribution in [0.1, 0.15) is 19.0 Å². The highest BCUT2D eigenvalue weighted by atomic mass is 35.5. The molecule has 0 saturated heterocycles. The van der Waals surface area contributed by atoms with Gasteiger partial charge in [-0.05, 0) is 24.5 Å². The van der Waals surface area contributed by atoms with Crippen LogP contribution in [0.4, 0.5) is 5.69 Å². The quantitative estimate of drug-likeness (QED) is 0.834. The van der Waals surface area contributed by atoms with Crippen LogP contribution in [0.5, 0.6) is 0 Å². The van der Waals surface area contributed by atoms with E-state index in [0.29, 0.717) is 24.1 Å². The summed E-state index contributed by atoms with van der Waals surface area (Å²) in [5.74, 6) is 0.676. The maximum absolute atomic E-state index is 11.5. The zero-order valence-electron chi connectivity index (χ0n) is 9.14. The van der Waals surface area contributed by atoms with Crippen molar-refractivity contribution in [3.05, 3.63) is 24.0 Å². The summed E-state index contributed by atoms with van der Waals surface area (Å²) in [5.41, 5.74) is 6.88.